The fourth-order valence-corrected chi connectivity index (χ4v) is 2.47. The zero-order chi connectivity index (χ0) is 13.0. The van der Waals surface area contributed by atoms with Crippen LogP contribution in [-0.4, -0.2) is 54.1 Å². The van der Waals surface area contributed by atoms with Gasteiger partial charge in [0.05, 0.1) is 5.69 Å². The van der Waals surface area contributed by atoms with Crippen LogP contribution >= 0.6 is 0 Å². The van der Waals surface area contributed by atoms with Gasteiger partial charge in [-0.2, -0.15) is 5.10 Å². The predicted molar refractivity (Wildman–Crippen MR) is 71.5 cm³/mol. The van der Waals surface area contributed by atoms with Crippen molar-refractivity contribution >= 4 is 0 Å². The van der Waals surface area contributed by atoms with E-state index < -0.39 is 0 Å². The zero-order valence-corrected chi connectivity index (χ0v) is 11.6. The maximum Gasteiger partial charge on any atom is 0.0767 e. The molecule has 1 N–H and O–H groups in total. The molecule has 1 atom stereocenters. The molecule has 0 aromatic carbocycles. The minimum absolute atomic E-state index is 0.556. The third-order valence-corrected chi connectivity index (χ3v) is 3.66. The van der Waals surface area contributed by atoms with Gasteiger partial charge in [-0.15, -0.1) is 0 Å². The van der Waals surface area contributed by atoms with Crippen LogP contribution in [0.1, 0.15) is 17.8 Å². The van der Waals surface area contributed by atoms with E-state index in [4.69, 9.17) is 4.74 Å². The first-order valence-corrected chi connectivity index (χ1v) is 6.64. The molecule has 0 bridgehead atoms. The number of nitrogens with one attached hydrogen (secondary N) is 1. The number of aryl methyl sites for hydroxylation is 2. The molecule has 1 saturated heterocycles. The summed E-state index contributed by atoms with van der Waals surface area (Å²) in [5.41, 5.74) is 2.38. The average Bonchev–Trinajstić information content (AvgIpc) is 2.67. The molecule has 5 nitrogen and oxygen atoms in total. The smallest absolute Gasteiger partial charge is 0.0767 e. The molecule has 0 saturated carbocycles. The molecular formula is C13H24N4O. The lowest BCUT2D eigenvalue weighted by molar-refractivity contribution is 0.105. The molecule has 0 amide bonds. The zero-order valence-electron chi connectivity index (χ0n) is 11.6. The highest BCUT2D eigenvalue weighted by Crippen LogP contribution is 2.12. The molecule has 1 fully saturated rings. The van der Waals surface area contributed by atoms with E-state index in [9.17, 15) is 0 Å². The number of aromatic nitrogens is 2. The van der Waals surface area contributed by atoms with Crippen LogP contribution in [0.4, 0.5) is 0 Å². The van der Waals surface area contributed by atoms with Crippen molar-refractivity contribution in [3.8, 4) is 0 Å². The Balaban J connectivity index is 1.96. The Bertz CT molecular complexity index is 358. The van der Waals surface area contributed by atoms with Crippen molar-refractivity contribution in [3.63, 3.8) is 0 Å². The SMILES string of the molecule is COCCC1CNCCN1Cc1cc(C)n(C)n1. The van der Waals surface area contributed by atoms with Crippen molar-refractivity contribution < 1.29 is 4.74 Å². The van der Waals surface area contributed by atoms with Crippen molar-refractivity contribution in [2.75, 3.05) is 33.4 Å². The largest absolute Gasteiger partial charge is 0.385 e. The second-order valence-corrected chi connectivity index (χ2v) is 5.01. The molecule has 1 unspecified atom stereocenters. The van der Waals surface area contributed by atoms with Crippen molar-refractivity contribution in [1.82, 2.24) is 20.0 Å². The molecule has 0 aliphatic carbocycles. The normalized spacial score (nSPS) is 21.4. The molecule has 0 radical (unpaired) electrons. The van der Waals surface area contributed by atoms with Crippen molar-refractivity contribution in [3.05, 3.63) is 17.5 Å². The third kappa shape index (κ3) is 3.31. The summed E-state index contributed by atoms with van der Waals surface area (Å²) >= 11 is 0. The van der Waals surface area contributed by atoms with E-state index in [0.29, 0.717) is 6.04 Å². The van der Waals surface area contributed by atoms with Gasteiger partial charge in [0.2, 0.25) is 0 Å². The summed E-state index contributed by atoms with van der Waals surface area (Å²) in [6.07, 6.45) is 1.08. The molecule has 0 spiro atoms. The van der Waals surface area contributed by atoms with Crippen LogP contribution in [0.5, 0.6) is 0 Å². The molecular weight excluding hydrogens is 228 g/mol. The highest BCUT2D eigenvalue weighted by atomic mass is 16.5. The molecule has 5 heteroatoms. The van der Waals surface area contributed by atoms with E-state index in [0.717, 1.165) is 39.2 Å². The van der Waals surface area contributed by atoms with Gasteiger partial charge < -0.3 is 10.1 Å². The van der Waals surface area contributed by atoms with E-state index in [1.807, 2.05) is 11.7 Å². The highest BCUT2D eigenvalue weighted by molar-refractivity contribution is 5.08. The molecule has 1 aromatic heterocycles. The van der Waals surface area contributed by atoms with Gasteiger partial charge in [0.1, 0.15) is 0 Å². The summed E-state index contributed by atoms with van der Waals surface area (Å²) in [4.78, 5) is 2.51. The number of piperazine rings is 1. The number of hydrogen-bond donors (Lipinski definition) is 1. The van der Waals surface area contributed by atoms with Gasteiger partial charge in [0, 0.05) is 58.7 Å². The number of ether oxygens (including phenoxy) is 1. The molecule has 1 aliphatic heterocycles. The van der Waals surface area contributed by atoms with Gasteiger partial charge in [-0.3, -0.25) is 9.58 Å². The second-order valence-electron chi connectivity index (χ2n) is 5.01. The lowest BCUT2D eigenvalue weighted by atomic mass is 10.1. The van der Waals surface area contributed by atoms with Crippen LogP contribution < -0.4 is 5.32 Å². The minimum atomic E-state index is 0.556. The Labute approximate surface area is 109 Å². The molecule has 2 heterocycles. The van der Waals surface area contributed by atoms with Crippen LogP contribution in [0.3, 0.4) is 0 Å². The maximum atomic E-state index is 5.19. The van der Waals surface area contributed by atoms with Crippen molar-refractivity contribution in [2.45, 2.75) is 25.9 Å². The standard InChI is InChI=1S/C13H24N4O/c1-11-8-12(15-16(11)2)10-17-6-5-14-9-13(17)4-7-18-3/h8,13-14H,4-7,9-10H2,1-3H3. The van der Waals surface area contributed by atoms with Gasteiger partial charge >= 0.3 is 0 Å². The second kappa shape index (κ2) is 6.31. The van der Waals surface area contributed by atoms with Gasteiger partial charge in [0.25, 0.3) is 0 Å². The van der Waals surface area contributed by atoms with Gasteiger partial charge in [0.15, 0.2) is 0 Å². The third-order valence-electron chi connectivity index (χ3n) is 3.66. The van der Waals surface area contributed by atoms with Gasteiger partial charge in [-0.25, -0.2) is 0 Å². The van der Waals surface area contributed by atoms with Crippen molar-refractivity contribution in [1.29, 1.82) is 0 Å². The Morgan fingerprint density at radius 2 is 2.39 bits per heavy atom. The topological polar surface area (TPSA) is 42.3 Å². The summed E-state index contributed by atoms with van der Waals surface area (Å²) in [5.74, 6) is 0. The molecule has 102 valence electrons. The van der Waals surface area contributed by atoms with Crippen LogP contribution in [0.25, 0.3) is 0 Å². The predicted octanol–water partition coefficient (Wildman–Crippen LogP) is 0.539. The monoisotopic (exact) mass is 252 g/mol. The Kier molecular flexibility index (Phi) is 4.74. The molecule has 2 rings (SSSR count). The Hall–Kier alpha value is -0.910. The molecule has 1 aromatic rings. The minimum Gasteiger partial charge on any atom is -0.385 e. The van der Waals surface area contributed by atoms with E-state index in [1.165, 1.54) is 11.4 Å². The first-order valence-electron chi connectivity index (χ1n) is 6.64. The number of nitrogens with zero attached hydrogens (tertiary/aromatic N) is 3. The van der Waals surface area contributed by atoms with E-state index in [2.05, 4.69) is 28.3 Å². The fourth-order valence-electron chi connectivity index (χ4n) is 2.47. The number of methoxy groups -OCH3 is 1. The summed E-state index contributed by atoms with van der Waals surface area (Å²) in [5, 5.41) is 8.00. The van der Waals surface area contributed by atoms with E-state index in [-0.39, 0.29) is 0 Å². The van der Waals surface area contributed by atoms with Crippen LogP contribution in [0.2, 0.25) is 0 Å². The van der Waals surface area contributed by atoms with Gasteiger partial charge in [-0.1, -0.05) is 0 Å². The van der Waals surface area contributed by atoms with E-state index in [1.54, 1.807) is 7.11 Å². The molecule has 1 aliphatic rings. The van der Waals surface area contributed by atoms with Gasteiger partial charge in [-0.05, 0) is 19.4 Å². The lowest BCUT2D eigenvalue weighted by Gasteiger charge is -2.35. The average molecular weight is 252 g/mol. The van der Waals surface area contributed by atoms with Crippen LogP contribution in [0.15, 0.2) is 6.07 Å². The Morgan fingerprint density at radius 3 is 3.06 bits per heavy atom. The maximum absolute atomic E-state index is 5.19. The number of hydrogen-bond acceptors (Lipinski definition) is 4. The first-order chi connectivity index (χ1) is 8.70. The summed E-state index contributed by atoms with van der Waals surface area (Å²) in [6.45, 7) is 7.06. The quantitative estimate of drug-likeness (QED) is 0.830. The lowest BCUT2D eigenvalue weighted by Crippen LogP contribution is -2.51. The fraction of sp³-hybridized carbons (Fsp3) is 0.769. The highest BCUT2D eigenvalue weighted by Gasteiger charge is 2.22. The van der Waals surface area contributed by atoms with Crippen LogP contribution in [0, 0.1) is 6.92 Å². The Morgan fingerprint density at radius 1 is 1.56 bits per heavy atom. The van der Waals surface area contributed by atoms with Crippen molar-refractivity contribution in [2.24, 2.45) is 7.05 Å². The summed E-state index contributed by atoms with van der Waals surface area (Å²) < 4.78 is 7.14. The van der Waals surface area contributed by atoms with Crippen LogP contribution in [-0.2, 0) is 18.3 Å². The molecule has 18 heavy (non-hydrogen) atoms. The summed E-state index contributed by atoms with van der Waals surface area (Å²) in [6, 6.07) is 2.73. The first kappa shape index (κ1) is 13.5. The summed E-state index contributed by atoms with van der Waals surface area (Å²) in [7, 11) is 3.77. The number of rotatable bonds is 5. The van der Waals surface area contributed by atoms with E-state index >= 15 is 0 Å².